The van der Waals surface area contributed by atoms with Crippen LogP contribution in [0.2, 0.25) is 10.0 Å². The number of nitrogens with zero attached hydrogens (tertiary/aromatic N) is 1. The largest absolute Gasteiger partial charge is 0.455 e. The summed E-state index contributed by atoms with van der Waals surface area (Å²) >= 11 is 13.2. The van der Waals surface area contributed by atoms with Crippen LogP contribution >= 0.6 is 34.5 Å². The van der Waals surface area contributed by atoms with E-state index in [1.807, 2.05) is 11.4 Å². The maximum atomic E-state index is 11.7. The Balaban J connectivity index is 1.68. The first-order valence-electron chi connectivity index (χ1n) is 6.55. The van der Waals surface area contributed by atoms with E-state index in [0.29, 0.717) is 26.4 Å². The zero-order valence-electron chi connectivity index (χ0n) is 11.6. The summed E-state index contributed by atoms with van der Waals surface area (Å²) in [6, 6.07) is 12.3. The van der Waals surface area contributed by atoms with Crippen molar-refractivity contribution in [3.8, 4) is 11.3 Å². The summed E-state index contributed by atoms with van der Waals surface area (Å²) in [4.78, 5) is 12.3. The molecule has 0 saturated carbocycles. The van der Waals surface area contributed by atoms with Crippen LogP contribution in [0.15, 0.2) is 57.4 Å². The first-order valence-corrected chi connectivity index (χ1v) is 8.19. The van der Waals surface area contributed by atoms with Crippen LogP contribution in [0.3, 0.4) is 0 Å². The van der Waals surface area contributed by atoms with Gasteiger partial charge in [0.2, 0.25) is 0 Å². The number of carbonyl (C=O) groups is 1. The van der Waals surface area contributed by atoms with Gasteiger partial charge in [-0.1, -0.05) is 29.3 Å². The van der Waals surface area contributed by atoms with E-state index in [9.17, 15) is 4.79 Å². The molecule has 0 radical (unpaired) electrons. The van der Waals surface area contributed by atoms with Gasteiger partial charge < -0.3 is 4.42 Å². The molecule has 116 valence electrons. The molecule has 0 atom stereocenters. The standard InChI is InChI=1S/C16H10Cl2N2O2S/c17-12-5-3-10(8-13(12)18)14-6-4-11(22-14)9-19-20-16(21)15-2-1-7-23-15/h1-9H,(H,20,21)/b19-9-. The van der Waals surface area contributed by atoms with Crippen LogP contribution < -0.4 is 5.43 Å². The van der Waals surface area contributed by atoms with Gasteiger partial charge in [-0.25, -0.2) is 5.43 Å². The molecule has 23 heavy (non-hydrogen) atoms. The number of nitrogens with one attached hydrogen (secondary N) is 1. The number of rotatable bonds is 4. The van der Waals surface area contributed by atoms with Crippen LogP contribution in [0.25, 0.3) is 11.3 Å². The smallest absolute Gasteiger partial charge is 0.281 e. The Morgan fingerprint density at radius 3 is 2.78 bits per heavy atom. The summed E-state index contributed by atoms with van der Waals surface area (Å²) in [6.07, 6.45) is 1.44. The molecule has 1 amide bonds. The number of hydrazone groups is 1. The van der Waals surface area contributed by atoms with E-state index in [1.54, 1.807) is 36.4 Å². The van der Waals surface area contributed by atoms with E-state index in [0.717, 1.165) is 5.56 Å². The second kappa shape index (κ2) is 7.00. The van der Waals surface area contributed by atoms with Crippen molar-refractivity contribution < 1.29 is 9.21 Å². The Bertz CT molecular complexity index is 857. The number of furan rings is 1. The normalized spacial score (nSPS) is 11.0. The third-order valence-corrected chi connectivity index (χ3v) is 4.54. The van der Waals surface area contributed by atoms with Gasteiger partial charge in [-0.2, -0.15) is 5.10 Å². The fourth-order valence-corrected chi connectivity index (χ4v) is 2.76. The minimum Gasteiger partial charge on any atom is -0.455 e. The molecule has 2 heterocycles. The predicted molar refractivity (Wildman–Crippen MR) is 93.5 cm³/mol. The number of carbonyl (C=O) groups excluding carboxylic acids is 1. The van der Waals surface area contributed by atoms with Crippen molar-refractivity contribution in [1.29, 1.82) is 0 Å². The molecule has 2 aromatic heterocycles. The maximum absolute atomic E-state index is 11.7. The lowest BCUT2D eigenvalue weighted by molar-refractivity contribution is 0.0959. The van der Waals surface area contributed by atoms with Gasteiger partial charge >= 0.3 is 0 Å². The molecule has 0 fully saturated rings. The molecule has 4 nitrogen and oxygen atoms in total. The number of amides is 1. The van der Waals surface area contributed by atoms with Gasteiger partial charge in [0.25, 0.3) is 5.91 Å². The minimum absolute atomic E-state index is 0.257. The second-order valence-electron chi connectivity index (χ2n) is 4.51. The van der Waals surface area contributed by atoms with Gasteiger partial charge in [-0.05, 0) is 41.8 Å². The molecule has 0 saturated heterocycles. The summed E-state index contributed by atoms with van der Waals surface area (Å²) in [5.74, 6) is 0.889. The Kier molecular flexibility index (Phi) is 4.81. The zero-order valence-corrected chi connectivity index (χ0v) is 14.0. The summed E-state index contributed by atoms with van der Waals surface area (Å²) in [6.45, 7) is 0. The highest BCUT2D eigenvalue weighted by molar-refractivity contribution is 7.12. The zero-order chi connectivity index (χ0) is 16.2. The number of hydrogen-bond acceptors (Lipinski definition) is 4. The number of halogens is 2. The van der Waals surface area contributed by atoms with Crippen molar-refractivity contribution in [2.24, 2.45) is 5.10 Å². The van der Waals surface area contributed by atoms with Crippen LogP contribution in [0, 0.1) is 0 Å². The van der Waals surface area contributed by atoms with E-state index in [-0.39, 0.29) is 5.91 Å². The van der Waals surface area contributed by atoms with E-state index >= 15 is 0 Å². The van der Waals surface area contributed by atoms with Crippen molar-refractivity contribution >= 4 is 46.7 Å². The summed E-state index contributed by atoms with van der Waals surface area (Å²) in [5, 5.41) is 6.65. The third-order valence-electron chi connectivity index (χ3n) is 2.93. The van der Waals surface area contributed by atoms with Crippen molar-refractivity contribution in [3.63, 3.8) is 0 Å². The molecule has 0 aliphatic rings. The van der Waals surface area contributed by atoms with Crippen LogP contribution in [-0.2, 0) is 0 Å². The van der Waals surface area contributed by atoms with Gasteiger partial charge in [0, 0.05) is 5.56 Å². The fraction of sp³-hybridized carbons (Fsp3) is 0. The van der Waals surface area contributed by atoms with Crippen molar-refractivity contribution in [1.82, 2.24) is 5.43 Å². The minimum atomic E-state index is -0.257. The molecular formula is C16H10Cl2N2O2S. The Labute approximate surface area is 146 Å². The van der Waals surface area contributed by atoms with E-state index in [4.69, 9.17) is 27.6 Å². The van der Waals surface area contributed by atoms with Gasteiger partial charge in [-0.15, -0.1) is 11.3 Å². The molecule has 0 bridgehead atoms. The number of benzene rings is 1. The summed E-state index contributed by atoms with van der Waals surface area (Å²) in [7, 11) is 0. The Morgan fingerprint density at radius 2 is 2.04 bits per heavy atom. The van der Waals surface area contributed by atoms with E-state index in [1.165, 1.54) is 17.6 Å². The van der Waals surface area contributed by atoms with Crippen LogP contribution in [0.4, 0.5) is 0 Å². The Morgan fingerprint density at radius 1 is 1.17 bits per heavy atom. The van der Waals surface area contributed by atoms with Crippen molar-refractivity contribution in [2.75, 3.05) is 0 Å². The van der Waals surface area contributed by atoms with Crippen LogP contribution in [0.1, 0.15) is 15.4 Å². The molecule has 3 rings (SSSR count). The molecule has 0 aliphatic carbocycles. The Hall–Kier alpha value is -2.08. The van der Waals surface area contributed by atoms with Crippen molar-refractivity contribution in [3.05, 3.63) is 68.5 Å². The summed E-state index contributed by atoms with van der Waals surface area (Å²) in [5.41, 5.74) is 3.25. The van der Waals surface area contributed by atoms with E-state index in [2.05, 4.69) is 10.5 Å². The van der Waals surface area contributed by atoms with Crippen LogP contribution in [-0.4, -0.2) is 12.1 Å². The second-order valence-corrected chi connectivity index (χ2v) is 6.27. The van der Waals surface area contributed by atoms with Gasteiger partial charge in [0.05, 0.1) is 21.1 Å². The predicted octanol–water partition coefficient (Wildman–Crippen LogP) is 5.08. The molecule has 7 heteroatoms. The van der Waals surface area contributed by atoms with Crippen molar-refractivity contribution in [2.45, 2.75) is 0 Å². The molecule has 0 unspecified atom stereocenters. The lowest BCUT2D eigenvalue weighted by Crippen LogP contribution is -2.15. The molecule has 0 spiro atoms. The number of thiophene rings is 1. The highest BCUT2D eigenvalue weighted by Crippen LogP contribution is 2.29. The maximum Gasteiger partial charge on any atom is 0.281 e. The lowest BCUT2D eigenvalue weighted by atomic mass is 10.2. The highest BCUT2D eigenvalue weighted by Gasteiger charge is 2.07. The molecule has 3 aromatic rings. The summed E-state index contributed by atoms with van der Waals surface area (Å²) < 4.78 is 5.64. The molecular weight excluding hydrogens is 355 g/mol. The fourth-order valence-electron chi connectivity index (χ4n) is 1.84. The molecule has 0 aliphatic heterocycles. The monoisotopic (exact) mass is 364 g/mol. The molecule has 1 N–H and O–H groups in total. The quantitative estimate of drug-likeness (QED) is 0.518. The lowest BCUT2D eigenvalue weighted by Gasteiger charge is -1.99. The SMILES string of the molecule is O=C(N/N=C\c1ccc(-c2ccc(Cl)c(Cl)c2)o1)c1cccs1. The van der Waals surface area contributed by atoms with Gasteiger partial charge in [0.15, 0.2) is 0 Å². The average molecular weight is 365 g/mol. The topological polar surface area (TPSA) is 54.6 Å². The van der Waals surface area contributed by atoms with Gasteiger partial charge in [-0.3, -0.25) is 4.79 Å². The van der Waals surface area contributed by atoms with Gasteiger partial charge in [0.1, 0.15) is 11.5 Å². The van der Waals surface area contributed by atoms with Crippen LogP contribution in [0.5, 0.6) is 0 Å². The highest BCUT2D eigenvalue weighted by atomic mass is 35.5. The van der Waals surface area contributed by atoms with E-state index < -0.39 is 0 Å². The number of hydrogen-bond donors (Lipinski definition) is 1. The average Bonchev–Trinajstić information content (AvgIpc) is 3.21. The first-order chi connectivity index (χ1) is 11.1. The third kappa shape index (κ3) is 3.82. The molecule has 1 aromatic carbocycles. The first kappa shape index (κ1) is 15.8.